The number of dihydropyridines is 1. The Morgan fingerprint density at radius 3 is 2.69 bits per heavy atom. The van der Waals surface area contributed by atoms with Crippen molar-refractivity contribution in [3.8, 4) is 11.5 Å². The van der Waals surface area contributed by atoms with E-state index in [9.17, 15) is 24.8 Å². The van der Waals surface area contributed by atoms with Crippen molar-refractivity contribution in [2.75, 3.05) is 6.61 Å². The van der Waals surface area contributed by atoms with Crippen LogP contribution < -0.4 is 10.1 Å². The molecule has 1 aliphatic carbocycles. The molecule has 10 heteroatoms. The van der Waals surface area contributed by atoms with Gasteiger partial charge in [-0.2, -0.15) is 0 Å². The van der Waals surface area contributed by atoms with Crippen molar-refractivity contribution in [2.45, 2.75) is 58.5 Å². The number of hydrogen-bond donors (Lipinski definition) is 2. The molecule has 0 saturated heterocycles. The third kappa shape index (κ3) is 4.73. The highest BCUT2D eigenvalue weighted by molar-refractivity contribution is 7.10. The van der Waals surface area contributed by atoms with Crippen LogP contribution in [0, 0.1) is 10.1 Å². The minimum absolute atomic E-state index is 0.00509. The molecule has 2 atom stereocenters. The van der Waals surface area contributed by atoms with Crippen LogP contribution in [0.15, 0.2) is 52.2 Å². The van der Waals surface area contributed by atoms with Gasteiger partial charge in [0.1, 0.15) is 0 Å². The quantitative estimate of drug-likeness (QED) is 0.299. The van der Waals surface area contributed by atoms with Gasteiger partial charge >= 0.3 is 11.7 Å². The van der Waals surface area contributed by atoms with E-state index >= 15 is 0 Å². The average Bonchev–Trinajstić information content (AvgIpc) is 3.34. The van der Waals surface area contributed by atoms with Gasteiger partial charge in [0.25, 0.3) is 0 Å². The number of nitrogens with zero attached hydrogens (tertiary/aromatic N) is 1. The largest absolute Gasteiger partial charge is 0.500 e. The van der Waals surface area contributed by atoms with Crippen molar-refractivity contribution in [3.63, 3.8) is 0 Å². The van der Waals surface area contributed by atoms with Crippen LogP contribution in [-0.4, -0.2) is 34.5 Å². The van der Waals surface area contributed by atoms with Gasteiger partial charge in [-0.1, -0.05) is 6.07 Å². The number of nitrogens with one attached hydrogen (secondary N) is 1. The average molecular weight is 513 g/mol. The molecule has 36 heavy (non-hydrogen) atoms. The molecule has 0 spiro atoms. The first kappa shape index (κ1) is 25.4. The predicted octanol–water partition coefficient (Wildman–Crippen LogP) is 5.07. The maximum Gasteiger partial charge on any atom is 0.337 e. The number of Topliss-reactive ketones (excluding diaryl/α,β-unsaturated/α-hetero) is 1. The molecule has 0 radical (unpaired) electrons. The van der Waals surface area contributed by atoms with Crippen LogP contribution in [0.3, 0.4) is 0 Å². The molecule has 1 aromatic heterocycles. The van der Waals surface area contributed by atoms with Crippen LogP contribution in [0.4, 0.5) is 5.69 Å². The summed E-state index contributed by atoms with van der Waals surface area (Å²) in [6.45, 7) is 7.02. The van der Waals surface area contributed by atoms with Gasteiger partial charge in [-0.05, 0) is 57.2 Å². The monoisotopic (exact) mass is 512 g/mol. The van der Waals surface area contributed by atoms with E-state index in [1.165, 1.54) is 12.1 Å². The number of thiophene rings is 1. The van der Waals surface area contributed by atoms with Crippen molar-refractivity contribution in [2.24, 2.45) is 0 Å². The molecule has 0 unspecified atom stereocenters. The molecule has 1 aliphatic heterocycles. The molecular weight excluding hydrogens is 484 g/mol. The summed E-state index contributed by atoms with van der Waals surface area (Å²) in [4.78, 5) is 39.0. The fourth-order valence-corrected chi connectivity index (χ4v) is 5.66. The Morgan fingerprint density at radius 2 is 2.08 bits per heavy atom. The lowest BCUT2D eigenvalue weighted by Crippen LogP contribution is -2.36. The Bertz CT molecular complexity index is 1280. The molecule has 4 rings (SSSR count). The molecule has 0 saturated carbocycles. The lowest BCUT2D eigenvalue weighted by molar-refractivity contribution is -0.386. The summed E-state index contributed by atoms with van der Waals surface area (Å²) in [5, 5.41) is 27.4. The number of ether oxygens (including phenoxy) is 2. The Kier molecular flexibility index (Phi) is 7.16. The Hall–Kier alpha value is -3.66. The van der Waals surface area contributed by atoms with Gasteiger partial charge in [-0.25, -0.2) is 4.79 Å². The fraction of sp³-hybridized carbons (Fsp3) is 0.385. The zero-order chi connectivity index (χ0) is 26.1. The van der Waals surface area contributed by atoms with Gasteiger partial charge in [-0.3, -0.25) is 14.9 Å². The molecule has 2 aliphatic rings. The van der Waals surface area contributed by atoms with Crippen LogP contribution in [-0.2, 0) is 14.3 Å². The van der Waals surface area contributed by atoms with E-state index in [4.69, 9.17) is 9.47 Å². The van der Waals surface area contributed by atoms with Gasteiger partial charge in [0.2, 0.25) is 5.75 Å². The minimum Gasteiger partial charge on any atom is -0.500 e. The number of carbonyl (C=O) groups is 2. The van der Waals surface area contributed by atoms with E-state index in [0.29, 0.717) is 29.0 Å². The molecule has 190 valence electrons. The molecule has 0 fully saturated rings. The number of nitro groups is 1. The number of phenols is 1. The van der Waals surface area contributed by atoms with E-state index in [1.807, 2.05) is 17.5 Å². The predicted molar refractivity (Wildman–Crippen MR) is 134 cm³/mol. The number of ketones is 1. The summed E-state index contributed by atoms with van der Waals surface area (Å²) >= 11 is 1.59. The van der Waals surface area contributed by atoms with Gasteiger partial charge in [-0.15, -0.1) is 11.3 Å². The Morgan fingerprint density at radius 1 is 1.33 bits per heavy atom. The van der Waals surface area contributed by atoms with Crippen molar-refractivity contribution >= 4 is 28.8 Å². The van der Waals surface area contributed by atoms with Gasteiger partial charge in [0.15, 0.2) is 11.5 Å². The third-order valence-electron chi connectivity index (χ3n) is 6.24. The van der Waals surface area contributed by atoms with Crippen molar-refractivity contribution in [3.05, 3.63) is 72.7 Å². The number of hydrogen-bond acceptors (Lipinski definition) is 9. The minimum atomic E-state index is -0.914. The highest BCUT2D eigenvalue weighted by Crippen LogP contribution is 2.49. The standard InChI is InChI=1S/C26H28N2O7S/c1-5-34-20-12-16(10-18(25(20)30)28(32)33)23-22(26(31)35-13(2)3)14(4)27-17-9-15(11-19(29)24(17)23)21-7-6-8-36-21/h6-8,10,12-13,15,23,27,30H,5,9,11H2,1-4H3/t15-,23-/m0/s1. The number of phenolic OH excluding ortho intramolecular Hbond substituents is 1. The van der Waals surface area contributed by atoms with E-state index in [1.54, 1.807) is 39.0 Å². The van der Waals surface area contributed by atoms with Gasteiger partial charge < -0.3 is 19.9 Å². The summed E-state index contributed by atoms with van der Waals surface area (Å²) in [5.41, 5.74) is 1.51. The first-order valence-electron chi connectivity index (χ1n) is 11.7. The van der Waals surface area contributed by atoms with E-state index in [2.05, 4.69) is 5.32 Å². The topological polar surface area (TPSA) is 128 Å². The number of nitro benzene ring substituents is 1. The smallest absolute Gasteiger partial charge is 0.337 e. The third-order valence-corrected chi connectivity index (χ3v) is 7.28. The second-order valence-electron chi connectivity index (χ2n) is 9.06. The highest BCUT2D eigenvalue weighted by Gasteiger charge is 2.42. The SMILES string of the molecule is CCOc1cc([C@H]2C(C(=O)OC(C)C)=C(C)NC3=C2C(=O)C[C@@H](c2cccs2)C3)cc([N+](=O)[O-])c1O. The maximum atomic E-state index is 13.6. The normalized spacial score (nSPS) is 19.8. The molecule has 1 aromatic carbocycles. The fourth-order valence-electron chi connectivity index (χ4n) is 4.83. The molecular formula is C26H28N2O7S. The molecule has 2 heterocycles. The number of benzene rings is 1. The number of allylic oxidation sites excluding steroid dienone is 3. The van der Waals surface area contributed by atoms with Crippen LogP contribution in [0.1, 0.15) is 62.8 Å². The van der Waals surface area contributed by atoms with Crippen molar-refractivity contribution in [1.29, 1.82) is 0 Å². The number of carbonyl (C=O) groups excluding carboxylic acids is 2. The summed E-state index contributed by atoms with van der Waals surface area (Å²) in [6, 6.07) is 6.61. The molecule has 9 nitrogen and oxygen atoms in total. The molecule has 2 aromatic rings. The van der Waals surface area contributed by atoms with E-state index in [0.717, 1.165) is 4.88 Å². The lowest BCUT2D eigenvalue weighted by atomic mass is 9.72. The number of aromatic hydroxyl groups is 1. The van der Waals surface area contributed by atoms with Crippen molar-refractivity contribution < 1.29 is 29.1 Å². The van der Waals surface area contributed by atoms with E-state index in [-0.39, 0.29) is 36.1 Å². The van der Waals surface area contributed by atoms with Crippen LogP contribution in [0.25, 0.3) is 0 Å². The van der Waals surface area contributed by atoms with Crippen LogP contribution >= 0.6 is 11.3 Å². The zero-order valence-corrected chi connectivity index (χ0v) is 21.3. The summed E-state index contributed by atoms with van der Waals surface area (Å²) in [6.07, 6.45) is 0.398. The molecule has 0 amide bonds. The number of rotatable bonds is 7. The van der Waals surface area contributed by atoms with Gasteiger partial charge in [0.05, 0.1) is 23.2 Å². The van der Waals surface area contributed by atoms with Crippen LogP contribution in [0.2, 0.25) is 0 Å². The van der Waals surface area contributed by atoms with E-state index < -0.39 is 34.4 Å². The van der Waals surface area contributed by atoms with Crippen molar-refractivity contribution in [1.82, 2.24) is 5.32 Å². The first-order valence-corrected chi connectivity index (χ1v) is 12.6. The molecule has 0 bridgehead atoms. The highest BCUT2D eigenvalue weighted by atomic mass is 32.1. The molecule has 2 N–H and O–H groups in total. The summed E-state index contributed by atoms with van der Waals surface area (Å²) in [5.74, 6) is -2.38. The maximum absolute atomic E-state index is 13.6. The Labute approximate surface area is 212 Å². The first-order chi connectivity index (χ1) is 17.1. The lowest BCUT2D eigenvalue weighted by Gasteiger charge is -2.36. The van der Waals surface area contributed by atoms with Crippen LogP contribution in [0.5, 0.6) is 11.5 Å². The number of esters is 1. The summed E-state index contributed by atoms with van der Waals surface area (Å²) < 4.78 is 11.0. The second-order valence-corrected chi connectivity index (χ2v) is 10.0. The zero-order valence-electron chi connectivity index (χ0n) is 20.5. The second kappa shape index (κ2) is 10.1. The summed E-state index contributed by atoms with van der Waals surface area (Å²) in [7, 11) is 0. The Balaban J connectivity index is 1.91. The van der Waals surface area contributed by atoms with Gasteiger partial charge in [0, 0.05) is 46.2 Å².